The van der Waals surface area contributed by atoms with Gasteiger partial charge in [-0.25, -0.2) is 0 Å². The summed E-state index contributed by atoms with van der Waals surface area (Å²) < 4.78 is 0. The molecule has 2 aliphatic carbocycles. The van der Waals surface area contributed by atoms with Gasteiger partial charge in [-0.2, -0.15) is 0 Å². The first kappa shape index (κ1) is 10.5. The van der Waals surface area contributed by atoms with E-state index in [2.05, 4.69) is 12.2 Å². The highest BCUT2D eigenvalue weighted by Crippen LogP contribution is 2.38. The molecule has 2 rings (SSSR count). The Morgan fingerprint density at radius 2 is 1.93 bits per heavy atom. The zero-order chi connectivity index (χ0) is 11.0. The SMILES string of the molecule is C[C@@H]1C[C@@H]1C(=O)N[C@@H]1CC[C@@H](C(=O)O)C1. The summed E-state index contributed by atoms with van der Waals surface area (Å²) >= 11 is 0. The van der Waals surface area contributed by atoms with Crippen LogP contribution in [0, 0.1) is 17.8 Å². The van der Waals surface area contributed by atoms with Crippen molar-refractivity contribution in [1.29, 1.82) is 0 Å². The number of nitrogens with one attached hydrogen (secondary N) is 1. The Bertz CT molecular complexity index is 290. The van der Waals surface area contributed by atoms with E-state index in [0.717, 1.165) is 12.8 Å². The molecule has 0 heterocycles. The lowest BCUT2D eigenvalue weighted by Crippen LogP contribution is -2.34. The van der Waals surface area contributed by atoms with Gasteiger partial charge in [0.2, 0.25) is 5.91 Å². The molecule has 0 aliphatic heterocycles. The molecule has 2 fully saturated rings. The predicted molar refractivity (Wildman–Crippen MR) is 54.2 cm³/mol. The number of aliphatic carboxylic acids is 1. The molecular weight excluding hydrogens is 194 g/mol. The first-order valence-electron chi connectivity index (χ1n) is 5.61. The smallest absolute Gasteiger partial charge is 0.306 e. The van der Waals surface area contributed by atoms with Gasteiger partial charge in [0.1, 0.15) is 0 Å². The van der Waals surface area contributed by atoms with Gasteiger partial charge in [-0.3, -0.25) is 9.59 Å². The molecule has 1 amide bonds. The molecule has 0 radical (unpaired) electrons. The molecule has 0 saturated heterocycles. The number of hydrogen-bond acceptors (Lipinski definition) is 2. The van der Waals surface area contributed by atoms with E-state index in [4.69, 9.17) is 5.11 Å². The highest BCUT2D eigenvalue weighted by molar-refractivity contribution is 5.81. The number of carbonyl (C=O) groups is 2. The van der Waals surface area contributed by atoms with E-state index in [9.17, 15) is 9.59 Å². The van der Waals surface area contributed by atoms with Gasteiger partial charge in [0.05, 0.1) is 5.92 Å². The maximum absolute atomic E-state index is 11.6. The highest BCUT2D eigenvalue weighted by atomic mass is 16.4. The summed E-state index contributed by atoms with van der Waals surface area (Å²) in [7, 11) is 0. The zero-order valence-corrected chi connectivity index (χ0v) is 8.90. The van der Waals surface area contributed by atoms with Gasteiger partial charge in [-0.05, 0) is 31.6 Å². The van der Waals surface area contributed by atoms with E-state index in [1.54, 1.807) is 0 Å². The van der Waals surface area contributed by atoms with Crippen LogP contribution in [0.4, 0.5) is 0 Å². The molecule has 0 bridgehead atoms. The maximum atomic E-state index is 11.6. The van der Waals surface area contributed by atoms with Gasteiger partial charge in [0, 0.05) is 12.0 Å². The third-order valence-corrected chi connectivity index (χ3v) is 3.57. The molecule has 0 aromatic heterocycles. The van der Waals surface area contributed by atoms with Gasteiger partial charge in [0.15, 0.2) is 0 Å². The normalized spacial score (nSPS) is 38.7. The first-order chi connectivity index (χ1) is 7.08. The summed E-state index contributed by atoms with van der Waals surface area (Å²) in [5, 5.41) is 11.8. The van der Waals surface area contributed by atoms with Crippen molar-refractivity contribution < 1.29 is 14.7 Å². The number of carboxylic acids is 1. The number of rotatable bonds is 3. The van der Waals surface area contributed by atoms with Crippen LogP contribution in [0.25, 0.3) is 0 Å². The molecular formula is C11H17NO3. The van der Waals surface area contributed by atoms with E-state index in [1.165, 1.54) is 0 Å². The Labute approximate surface area is 89.0 Å². The molecule has 0 aromatic carbocycles. The number of carboxylic acid groups (broad SMARTS) is 1. The third-order valence-electron chi connectivity index (χ3n) is 3.57. The highest BCUT2D eigenvalue weighted by Gasteiger charge is 2.40. The summed E-state index contributed by atoms with van der Waals surface area (Å²) in [5.41, 5.74) is 0. The summed E-state index contributed by atoms with van der Waals surface area (Å²) in [5.74, 6) is -0.160. The molecule has 15 heavy (non-hydrogen) atoms. The zero-order valence-electron chi connectivity index (χ0n) is 8.90. The van der Waals surface area contributed by atoms with Gasteiger partial charge < -0.3 is 10.4 Å². The van der Waals surface area contributed by atoms with Crippen molar-refractivity contribution >= 4 is 11.9 Å². The predicted octanol–water partition coefficient (Wildman–Crippen LogP) is 1.01. The second-order valence-electron chi connectivity index (χ2n) is 4.87. The maximum Gasteiger partial charge on any atom is 0.306 e. The summed E-state index contributed by atoms with van der Waals surface area (Å²) in [4.78, 5) is 22.3. The van der Waals surface area contributed by atoms with Crippen molar-refractivity contribution in [2.45, 2.75) is 38.6 Å². The molecule has 0 aromatic rings. The lowest BCUT2D eigenvalue weighted by Gasteiger charge is -2.11. The average Bonchev–Trinajstić information content (AvgIpc) is 2.73. The van der Waals surface area contributed by atoms with Crippen LogP contribution >= 0.6 is 0 Å². The summed E-state index contributed by atoms with van der Waals surface area (Å²) in [6.07, 6.45) is 3.09. The Morgan fingerprint density at radius 3 is 2.40 bits per heavy atom. The summed E-state index contributed by atoms with van der Waals surface area (Å²) in [6.45, 7) is 2.07. The van der Waals surface area contributed by atoms with E-state index >= 15 is 0 Å². The van der Waals surface area contributed by atoms with Crippen molar-refractivity contribution in [1.82, 2.24) is 5.32 Å². The minimum absolute atomic E-state index is 0.0893. The Balaban J connectivity index is 1.77. The van der Waals surface area contributed by atoms with Gasteiger partial charge >= 0.3 is 5.97 Å². The standard InChI is InChI=1S/C11H17NO3/c1-6-4-9(6)10(13)12-8-3-2-7(5-8)11(14)15/h6-9H,2-5H2,1H3,(H,12,13)(H,14,15)/t6-,7-,8-,9+/m1/s1. The monoisotopic (exact) mass is 211 g/mol. The van der Waals surface area contributed by atoms with Crippen LogP contribution in [-0.2, 0) is 9.59 Å². The fourth-order valence-corrected chi connectivity index (χ4v) is 2.33. The summed E-state index contributed by atoms with van der Waals surface area (Å²) in [6, 6.07) is 0.0893. The lowest BCUT2D eigenvalue weighted by molar-refractivity contribution is -0.141. The molecule has 4 atom stereocenters. The fraction of sp³-hybridized carbons (Fsp3) is 0.818. The van der Waals surface area contributed by atoms with Crippen molar-refractivity contribution in [3.63, 3.8) is 0 Å². The molecule has 2 saturated carbocycles. The first-order valence-corrected chi connectivity index (χ1v) is 5.61. The van der Waals surface area contributed by atoms with Crippen LogP contribution in [0.3, 0.4) is 0 Å². The van der Waals surface area contributed by atoms with Gasteiger partial charge in [-0.1, -0.05) is 6.92 Å². The van der Waals surface area contributed by atoms with E-state index in [1.807, 2.05) is 0 Å². The van der Waals surface area contributed by atoms with Crippen LogP contribution in [0.2, 0.25) is 0 Å². The minimum atomic E-state index is -0.730. The molecule has 4 nitrogen and oxygen atoms in total. The van der Waals surface area contributed by atoms with Crippen molar-refractivity contribution in [3.8, 4) is 0 Å². The Morgan fingerprint density at radius 1 is 1.27 bits per heavy atom. The largest absolute Gasteiger partial charge is 0.481 e. The molecule has 84 valence electrons. The van der Waals surface area contributed by atoms with Crippen LogP contribution in [0.1, 0.15) is 32.6 Å². The second kappa shape index (κ2) is 3.83. The topological polar surface area (TPSA) is 66.4 Å². The second-order valence-corrected chi connectivity index (χ2v) is 4.87. The van der Waals surface area contributed by atoms with Gasteiger partial charge in [-0.15, -0.1) is 0 Å². The average molecular weight is 211 g/mol. The van der Waals surface area contributed by atoms with Crippen LogP contribution in [-0.4, -0.2) is 23.0 Å². The van der Waals surface area contributed by atoms with E-state index in [-0.39, 0.29) is 23.8 Å². The lowest BCUT2D eigenvalue weighted by atomic mass is 10.1. The van der Waals surface area contributed by atoms with Crippen molar-refractivity contribution in [3.05, 3.63) is 0 Å². The molecule has 2 aliphatic rings. The van der Waals surface area contributed by atoms with Crippen LogP contribution < -0.4 is 5.32 Å². The quantitative estimate of drug-likeness (QED) is 0.732. The molecule has 0 spiro atoms. The third kappa shape index (κ3) is 2.30. The van der Waals surface area contributed by atoms with Crippen molar-refractivity contribution in [2.75, 3.05) is 0 Å². The Kier molecular flexibility index (Phi) is 2.67. The Hall–Kier alpha value is -1.06. The molecule has 4 heteroatoms. The minimum Gasteiger partial charge on any atom is -0.481 e. The van der Waals surface area contributed by atoms with E-state index < -0.39 is 5.97 Å². The van der Waals surface area contributed by atoms with Crippen LogP contribution in [0.15, 0.2) is 0 Å². The fourth-order valence-electron chi connectivity index (χ4n) is 2.33. The van der Waals surface area contributed by atoms with E-state index in [0.29, 0.717) is 18.8 Å². The number of carbonyl (C=O) groups excluding carboxylic acids is 1. The number of hydrogen-bond donors (Lipinski definition) is 2. The number of amides is 1. The molecule has 2 N–H and O–H groups in total. The van der Waals surface area contributed by atoms with Gasteiger partial charge in [0.25, 0.3) is 0 Å². The van der Waals surface area contributed by atoms with Crippen molar-refractivity contribution in [2.24, 2.45) is 17.8 Å². The molecule has 0 unspecified atom stereocenters. The van der Waals surface area contributed by atoms with Crippen LogP contribution in [0.5, 0.6) is 0 Å².